The quantitative estimate of drug-likeness (QED) is 0.833. The molecule has 2 aromatic rings. The molecule has 4 nitrogen and oxygen atoms in total. The van der Waals surface area contributed by atoms with Crippen LogP contribution in [0, 0.1) is 0 Å². The summed E-state index contributed by atoms with van der Waals surface area (Å²) in [5.74, 6) is 0. The van der Waals surface area contributed by atoms with Crippen LogP contribution < -0.4 is 5.32 Å². The maximum absolute atomic E-state index is 4.08. The van der Waals surface area contributed by atoms with Gasteiger partial charge in [0.15, 0.2) is 0 Å². The van der Waals surface area contributed by atoms with Crippen LogP contribution in [-0.2, 0) is 13.1 Å². The van der Waals surface area contributed by atoms with Crippen LogP contribution in [0.4, 0.5) is 0 Å². The fraction of sp³-hybridized carbons (Fsp3) is 0.400. The second kappa shape index (κ2) is 5.04. The predicted molar refractivity (Wildman–Crippen MR) is 60.8 cm³/mol. The number of hydrogen-bond acceptors (Lipinski definition) is 4. The van der Waals surface area contributed by atoms with E-state index < -0.39 is 0 Å². The molecule has 80 valence electrons. The lowest BCUT2D eigenvalue weighted by Gasteiger charge is -1.97. The molecule has 0 spiro atoms. The first-order valence-corrected chi connectivity index (χ1v) is 5.81. The molecule has 0 saturated heterocycles. The third-order valence-electron chi connectivity index (χ3n) is 2.05. The monoisotopic (exact) mass is 222 g/mol. The van der Waals surface area contributed by atoms with Crippen molar-refractivity contribution in [3.8, 4) is 0 Å². The van der Waals surface area contributed by atoms with Gasteiger partial charge in [-0.15, -0.1) is 11.3 Å². The van der Waals surface area contributed by atoms with E-state index in [1.165, 1.54) is 9.75 Å². The van der Waals surface area contributed by atoms with E-state index >= 15 is 0 Å². The Bertz CT molecular complexity index is 393. The van der Waals surface area contributed by atoms with E-state index in [0.717, 1.165) is 19.6 Å². The zero-order valence-electron chi connectivity index (χ0n) is 8.68. The van der Waals surface area contributed by atoms with Crippen molar-refractivity contribution < 1.29 is 0 Å². The van der Waals surface area contributed by atoms with Gasteiger partial charge < -0.3 is 5.32 Å². The summed E-state index contributed by atoms with van der Waals surface area (Å²) in [6, 6.07) is 4.32. The van der Waals surface area contributed by atoms with E-state index in [4.69, 9.17) is 0 Å². The van der Waals surface area contributed by atoms with Crippen molar-refractivity contribution in [3.63, 3.8) is 0 Å². The number of nitrogens with zero attached hydrogens (tertiary/aromatic N) is 3. The summed E-state index contributed by atoms with van der Waals surface area (Å²) in [7, 11) is 0. The van der Waals surface area contributed by atoms with Crippen LogP contribution in [0.15, 0.2) is 24.8 Å². The van der Waals surface area contributed by atoms with E-state index in [1.807, 2.05) is 16.0 Å². The minimum Gasteiger partial charge on any atom is -0.312 e. The van der Waals surface area contributed by atoms with Crippen LogP contribution in [0.3, 0.4) is 0 Å². The van der Waals surface area contributed by atoms with Crippen molar-refractivity contribution in [2.45, 2.75) is 20.0 Å². The maximum Gasteiger partial charge on any atom is 0.137 e. The molecule has 0 atom stereocenters. The van der Waals surface area contributed by atoms with E-state index in [2.05, 4.69) is 34.5 Å². The lowest BCUT2D eigenvalue weighted by molar-refractivity contribution is 0.693. The van der Waals surface area contributed by atoms with Gasteiger partial charge in [-0.2, -0.15) is 5.10 Å². The summed E-state index contributed by atoms with van der Waals surface area (Å²) in [5, 5.41) is 7.39. The average molecular weight is 222 g/mol. The average Bonchev–Trinajstić information content (AvgIpc) is 2.87. The summed E-state index contributed by atoms with van der Waals surface area (Å²) in [5.41, 5.74) is 0. The summed E-state index contributed by atoms with van der Waals surface area (Å²) in [6.07, 6.45) is 3.30. The topological polar surface area (TPSA) is 42.7 Å². The molecule has 0 fully saturated rings. The van der Waals surface area contributed by atoms with Gasteiger partial charge in [0.2, 0.25) is 0 Å². The van der Waals surface area contributed by atoms with Crippen LogP contribution in [0.2, 0.25) is 0 Å². The first-order chi connectivity index (χ1) is 7.38. The Morgan fingerprint density at radius 2 is 2.27 bits per heavy atom. The fourth-order valence-corrected chi connectivity index (χ4v) is 2.30. The highest BCUT2D eigenvalue weighted by atomic mass is 32.1. The molecule has 0 aliphatic heterocycles. The van der Waals surface area contributed by atoms with Gasteiger partial charge >= 0.3 is 0 Å². The molecule has 0 bridgehead atoms. The van der Waals surface area contributed by atoms with Crippen molar-refractivity contribution in [2.24, 2.45) is 0 Å². The molecule has 0 unspecified atom stereocenters. The van der Waals surface area contributed by atoms with Gasteiger partial charge in [0.1, 0.15) is 12.7 Å². The number of nitrogens with one attached hydrogen (secondary N) is 1. The van der Waals surface area contributed by atoms with E-state index in [1.54, 1.807) is 12.7 Å². The molecule has 2 rings (SSSR count). The van der Waals surface area contributed by atoms with E-state index in [0.29, 0.717) is 0 Å². The Kier molecular flexibility index (Phi) is 3.47. The smallest absolute Gasteiger partial charge is 0.137 e. The second-order valence-electron chi connectivity index (χ2n) is 3.24. The first kappa shape index (κ1) is 10.3. The predicted octanol–water partition coefficient (Wildman–Crippen LogP) is 1.50. The van der Waals surface area contributed by atoms with Crippen molar-refractivity contribution in [1.29, 1.82) is 0 Å². The van der Waals surface area contributed by atoms with Crippen molar-refractivity contribution in [2.75, 3.05) is 6.54 Å². The molecule has 2 aromatic heterocycles. The van der Waals surface area contributed by atoms with Crippen LogP contribution in [0.1, 0.15) is 16.7 Å². The highest BCUT2D eigenvalue weighted by Crippen LogP contribution is 2.16. The van der Waals surface area contributed by atoms with E-state index in [9.17, 15) is 0 Å². The molecular formula is C10H14N4S. The molecule has 0 aromatic carbocycles. The molecule has 0 aliphatic rings. The van der Waals surface area contributed by atoms with Gasteiger partial charge in [-0.1, -0.05) is 6.92 Å². The van der Waals surface area contributed by atoms with Gasteiger partial charge in [0.05, 0.1) is 6.54 Å². The highest BCUT2D eigenvalue weighted by Gasteiger charge is 2.00. The van der Waals surface area contributed by atoms with Gasteiger partial charge in [-0.25, -0.2) is 9.67 Å². The van der Waals surface area contributed by atoms with Gasteiger partial charge in [0.25, 0.3) is 0 Å². The second-order valence-corrected chi connectivity index (χ2v) is 4.49. The third kappa shape index (κ3) is 2.87. The van der Waals surface area contributed by atoms with Crippen molar-refractivity contribution in [3.05, 3.63) is 34.5 Å². The fourth-order valence-electron chi connectivity index (χ4n) is 1.32. The summed E-state index contributed by atoms with van der Waals surface area (Å²) in [4.78, 5) is 6.60. The first-order valence-electron chi connectivity index (χ1n) is 4.99. The maximum atomic E-state index is 4.08. The minimum absolute atomic E-state index is 0.816. The van der Waals surface area contributed by atoms with Gasteiger partial charge in [-0.3, -0.25) is 0 Å². The Balaban J connectivity index is 1.95. The largest absolute Gasteiger partial charge is 0.312 e. The van der Waals surface area contributed by atoms with Crippen LogP contribution in [0.25, 0.3) is 0 Å². The lowest BCUT2D eigenvalue weighted by Crippen LogP contribution is -2.10. The zero-order chi connectivity index (χ0) is 10.5. The molecule has 1 N–H and O–H groups in total. The standard InChI is InChI=1S/C10H14N4S/c1-2-11-5-9-3-4-10(15-9)6-14-8-12-7-13-14/h3-4,7-8,11H,2,5-6H2,1H3. The van der Waals surface area contributed by atoms with Crippen LogP contribution in [0.5, 0.6) is 0 Å². The van der Waals surface area contributed by atoms with Gasteiger partial charge in [-0.05, 0) is 18.7 Å². The van der Waals surface area contributed by atoms with Crippen molar-refractivity contribution in [1.82, 2.24) is 20.1 Å². The molecule has 15 heavy (non-hydrogen) atoms. The van der Waals surface area contributed by atoms with Crippen molar-refractivity contribution >= 4 is 11.3 Å². The normalized spacial score (nSPS) is 10.7. The minimum atomic E-state index is 0.816. The summed E-state index contributed by atoms with van der Waals surface area (Å²) in [6.45, 7) is 4.90. The Morgan fingerprint density at radius 1 is 1.40 bits per heavy atom. The van der Waals surface area contributed by atoms with Crippen LogP contribution >= 0.6 is 11.3 Å². The Hall–Kier alpha value is -1.20. The molecule has 5 heteroatoms. The van der Waals surface area contributed by atoms with E-state index in [-0.39, 0.29) is 0 Å². The van der Waals surface area contributed by atoms with Gasteiger partial charge in [0, 0.05) is 16.3 Å². The Labute approximate surface area is 93.0 Å². The third-order valence-corrected chi connectivity index (χ3v) is 3.12. The number of thiophene rings is 1. The summed E-state index contributed by atoms with van der Waals surface area (Å²) < 4.78 is 1.84. The lowest BCUT2D eigenvalue weighted by atomic mass is 10.4. The highest BCUT2D eigenvalue weighted by molar-refractivity contribution is 7.11. The molecule has 2 heterocycles. The van der Waals surface area contributed by atoms with Crippen LogP contribution in [-0.4, -0.2) is 21.3 Å². The number of aromatic nitrogens is 3. The molecule has 0 radical (unpaired) electrons. The zero-order valence-corrected chi connectivity index (χ0v) is 9.50. The summed E-state index contributed by atoms with van der Waals surface area (Å²) >= 11 is 1.82. The number of hydrogen-bond donors (Lipinski definition) is 1. The SMILES string of the molecule is CCNCc1ccc(Cn2cncn2)s1. The Morgan fingerprint density at radius 3 is 3.00 bits per heavy atom. The molecular weight excluding hydrogens is 208 g/mol. The molecule has 0 aliphatic carbocycles. The molecule has 0 saturated carbocycles. The number of rotatable bonds is 5. The molecule has 0 amide bonds.